The predicted octanol–water partition coefficient (Wildman–Crippen LogP) is 2.00. The van der Waals surface area contributed by atoms with Crippen LogP contribution in [-0.2, 0) is 14.4 Å². The number of hydrogen-bond donors (Lipinski definition) is 1. The number of carbonyl (C=O) groups is 3. The summed E-state index contributed by atoms with van der Waals surface area (Å²) in [7, 11) is 0. The molecule has 2 fully saturated rings. The smallest absolute Gasteiger partial charge is 0.250 e. The largest absolute Gasteiger partial charge is 0.351 e. The molecular weight excluding hydrogens is 380 g/mol. The summed E-state index contributed by atoms with van der Waals surface area (Å²) in [6.07, 6.45) is 2.71. The van der Waals surface area contributed by atoms with Gasteiger partial charge in [-0.2, -0.15) is 0 Å². The van der Waals surface area contributed by atoms with Gasteiger partial charge >= 0.3 is 0 Å². The van der Waals surface area contributed by atoms with Gasteiger partial charge in [-0.1, -0.05) is 45.0 Å². The van der Waals surface area contributed by atoms with E-state index in [2.05, 4.69) is 16.8 Å². The number of piperidine rings is 1. The highest BCUT2D eigenvalue weighted by atomic mass is 16.2. The molecule has 0 bridgehead atoms. The number of likely N-dealkylation sites (tertiary alicyclic amines) is 1. The van der Waals surface area contributed by atoms with Gasteiger partial charge in [0.1, 0.15) is 12.1 Å². The fourth-order valence-electron chi connectivity index (χ4n) is 4.29. The zero-order valence-electron chi connectivity index (χ0n) is 18.2. The molecule has 7 nitrogen and oxygen atoms in total. The molecule has 162 valence electrons. The Hall–Kier alpha value is -2.83. The normalized spacial score (nSPS) is 18.6. The third-order valence-corrected chi connectivity index (χ3v) is 5.88. The van der Waals surface area contributed by atoms with E-state index in [0.29, 0.717) is 39.1 Å². The van der Waals surface area contributed by atoms with E-state index >= 15 is 0 Å². The third kappa shape index (κ3) is 4.20. The van der Waals surface area contributed by atoms with Crippen molar-refractivity contribution in [3.63, 3.8) is 0 Å². The van der Waals surface area contributed by atoms with Crippen LogP contribution in [0.25, 0.3) is 0 Å². The first-order chi connectivity index (χ1) is 14.2. The van der Waals surface area contributed by atoms with Crippen LogP contribution in [0.5, 0.6) is 0 Å². The lowest BCUT2D eigenvalue weighted by molar-refractivity contribution is -0.144. The predicted molar refractivity (Wildman–Crippen MR) is 117 cm³/mol. The summed E-state index contributed by atoms with van der Waals surface area (Å²) in [4.78, 5) is 44.1. The number of carbonyl (C=O) groups excluding carboxylic acids is 3. The Labute approximate surface area is 178 Å². The average molecular weight is 413 g/mol. The molecule has 3 amide bonds. The molecule has 0 atom stereocenters. The van der Waals surface area contributed by atoms with Gasteiger partial charge in [0.05, 0.1) is 6.67 Å². The molecule has 7 heteroatoms. The molecule has 0 saturated carbocycles. The molecule has 30 heavy (non-hydrogen) atoms. The van der Waals surface area contributed by atoms with Crippen LogP contribution in [0.3, 0.4) is 0 Å². The van der Waals surface area contributed by atoms with E-state index < -0.39 is 11.0 Å². The highest BCUT2D eigenvalue weighted by Gasteiger charge is 2.54. The van der Waals surface area contributed by atoms with Gasteiger partial charge in [0.25, 0.3) is 5.91 Å². The molecule has 0 unspecified atom stereocenters. The van der Waals surface area contributed by atoms with Gasteiger partial charge in [-0.15, -0.1) is 6.58 Å². The maximum Gasteiger partial charge on any atom is 0.250 e. The van der Waals surface area contributed by atoms with E-state index in [4.69, 9.17) is 0 Å². The first-order valence-electron chi connectivity index (χ1n) is 10.5. The van der Waals surface area contributed by atoms with Gasteiger partial charge in [0.2, 0.25) is 11.8 Å². The molecule has 3 rings (SSSR count). The minimum absolute atomic E-state index is 0.0163. The fourth-order valence-corrected chi connectivity index (χ4v) is 4.29. The molecule has 1 spiro atoms. The Kier molecular flexibility index (Phi) is 6.19. The Morgan fingerprint density at radius 1 is 1.17 bits per heavy atom. The van der Waals surface area contributed by atoms with Crippen LogP contribution in [0, 0.1) is 5.41 Å². The topological polar surface area (TPSA) is 73.0 Å². The Morgan fingerprint density at radius 2 is 1.80 bits per heavy atom. The Balaban J connectivity index is 1.83. The van der Waals surface area contributed by atoms with Crippen molar-refractivity contribution in [2.75, 3.05) is 37.7 Å². The van der Waals surface area contributed by atoms with Crippen LogP contribution in [0.2, 0.25) is 0 Å². The van der Waals surface area contributed by atoms with Crippen LogP contribution in [-0.4, -0.2) is 65.9 Å². The Morgan fingerprint density at radius 3 is 2.37 bits per heavy atom. The van der Waals surface area contributed by atoms with E-state index in [1.165, 1.54) is 0 Å². The van der Waals surface area contributed by atoms with Crippen molar-refractivity contribution >= 4 is 23.4 Å². The van der Waals surface area contributed by atoms with Crippen molar-refractivity contribution in [3.8, 4) is 0 Å². The molecule has 1 aromatic carbocycles. The summed E-state index contributed by atoms with van der Waals surface area (Å²) in [6, 6.07) is 9.82. The Bertz CT molecular complexity index is 807. The van der Waals surface area contributed by atoms with Gasteiger partial charge in [-0.3, -0.25) is 14.4 Å². The van der Waals surface area contributed by atoms with Crippen LogP contribution in [0.4, 0.5) is 5.69 Å². The average Bonchev–Trinajstić information content (AvgIpc) is 2.98. The van der Waals surface area contributed by atoms with E-state index in [1.54, 1.807) is 11.0 Å². The first kappa shape index (κ1) is 21.9. The fraction of sp³-hybridized carbons (Fsp3) is 0.522. The zero-order valence-corrected chi connectivity index (χ0v) is 18.2. The SMILES string of the molecule is C=CCNC(=O)CN1CN(c2ccccc2)C2(CCN(C(=O)C(C)(C)C)CC2)C1=O. The quantitative estimate of drug-likeness (QED) is 0.751. The number of nitrogens with zero attached hydrogens (tertiary/aromatic N) is 3. The van der Waals surface area contributed by atoms with Crippen LogP contribution in [0.15, 0.2) is 43.0 Å². The van der Waals surface area contributed by atoms with E-state index in [1.807, 2.05) is 56.0 Å². The number of anilines is 1. The summed E-state index contributed by atoms with van der Waals surface area (Å²) < 4.78 is 0. The van der Waals surface area contributed by atoms with Gasteiger partial charge < -0.3 is 20.0 Å². The van der Waals surface area contributed by atoms with Crippen molar-refractivity contribution in [3.05, 3.63) is 43.0 Å². The third-order valence-electron chi connectivity index (χ3n) is 5.88. The summed E-state index contributed by atoms with van der Waals surface area (Å²) in [6.45, 7) is 11.2. The molecule has 2 saturated heterocycles. The minimum atomic E-state index is -0.727. The van der Waals surface area contributed by atoms with E-state index in [9.17, 15) is 14.4 Å². The minimum Gasteiger partial charge on any atom is -0.351 e. The van der Waals surface area contributed by atoms with Crippen molar-refractivity contribution in [1.82, 2.24) is 15.1 Å². The lowest BCUT2D eigenvalue weighted by atomic mass is 9.84. The van der Waals surface area contributed by atoms with Gasteiger partial charge in [-0.25, -0.2) is 0 Å². The second-order valence-electron chi connectivity index (χ2n) is 9.07. The van der Waals surface area contributed by atoms with E-state index in [0.717, 1.165) is 5.69 Å². The number of nitrogens with one attached hydrogen (secondary N) is 1. The van der Waals surface area contributed by atoms with Crippen molar-refractivity contribution in [2.24, 2.45) is 5.41 Å². The van der Waals surface area contributed by atoms with Crippen molar-refractivity contribution in [1.29, 1.82) is 0 Å². The molecule has 2 aliphatic rings. The molecule has 0 aliphatic carbocycles. The summed E-state index contributed by atoms with van der Waals surface area (Å²) in [5, 5.41) is 2.74. The lowest BCUT2D eigenvalue weighted by Gasteiger charge is -2.44. The van der Waals surface area contributed by atoms with Crippen molar-refractivity contribution in [2.45, 2.75) is 39.2 Å². The van der Waals surface area contributed by atoms with Gasteiger partial charge in [-0.05, 0) is 25.0 Å². The van der Waals surface area contributed by atoms with Gasteiger partial charge in [0, 0.05) is 30.7 Å². The number of benzene rings is 1. The number of para-hydroxylation sites is 1. The number of amides is 3. The molecule has 0 aromatic heterocycles. The van der Waals surface area contributed by atoms with Crippen LogP contribution < -0.4 is 10.2 Å². The van der Waals surface area contributed by atoms with Crippen LogP contribution >= 0.6 is 0 Å². The summed E-state index contributed by atoms with van der Waals surface area (Å²) in [5.41, 5.74) is -0.219. The molecule has 1 aromatic rings. The molecule has 1 N–H and O–H groups in total. The van der Waals surface area contributed by atoms with Crippen LogP contribution in [0.1, 0.15) is 33.6 Å². The monoisotopic (exact) mass is 412 g/mol. The number of rotatable bonds is 5. The number of hydrogen-bond acceptors (Lipinski definition) is 4. The molecular formula is C23H32N4O3. The highest BCUT2D eigenvalue weighted by Crippen LogP contribution is 2.40. The first-order valence-corrected chi connectivity index (χ1v) is 10.5. The van der Waals surface area contributed by atoms with Crippen molar-refractivity contribution < 1.29 is 14.4 Å². The van der Waals surface area contributed by atoms with Gasteiger partial charge in [0.15, 0.2) is 0 Å². The second kappa shape index (κ2) is 8.50. The van der Waals surface area contributed by atoms with E-state index in [-0.39, 0.29) is 24.3 Å². The zero-order chi connectivity index (χ0) is 21.9. The highest BCUT2D eigenvalue weighted by molar-refractivity contribution is 5.96. The maximum absolute atomic E-state index is 13.5. The molecule has 0 radical (unpaired) electrons. The molecule has 2 aliphatic heterocycles. The summed E-state index contributed by atoms with van der Waals surface area (Å²) >= 11 is 0. The maximum atomic E-state index is 13.5. The summed E-state index contributed by atoms with van der Waals surface area (Å²) in [5.74, 6) is -0.133. The second-order valence-corrected chi connectivity index (χ2v) is 9.07. The standard InChI is InChI=1S/C23H32N4O3/c1-5-13-24-19(28)16-26-17-27(18-9-7-6-8-10-18)23(21(26)30)11-14-25(15-12-23)20(29)22(2,3)4/h5-10H,1,11-17H2,2-4H3,(H,24,28). The lowest BCUT2D eigenvalue weighted by Crippen LogP contribution is -2.58. The molecule has 2 heterocycles.